The first-order valence-electron chi connectivity index (χ1n) is 8.31. The highest BCUT2D eigenvalue weighted by Crippen LogP contribution is 2.30. The molecule has 3 nitrogen and oxygen atoms in total. The Balaban J connectivity index is 1.80. The summed E-state index contributed by atoms with van der Waals surface area (Å²) in [5.41, 5.74) is 2.08. The number of rotatable bonds is 7. The van der Waals surface area contributed by atoms with Crippen LogP contribution < -0.4 is 9.47 Å². The number of hydrogen-bond donors (Lipinski definition) is 0. The van der Waals surface area contributed by atoms with E-state index >= 15 is 0 Å². The summed E-state index contributed by atoms with van der Waals surface area (Å²) in [5, 5.41) is 0. The maximum atomic E-state index is 14.3. The molecule has 0 heterocycles. The standard InChI is InChI=1S/C22H19FO3/c1-16(24)19-12-20(23)22(26-15-18-10-6-3-7-11-18)13-21(19)25-14-17-8-4-2-5-9-17/h2-13H,14-15H2,1H3. The number of carbonyl (C=O) groups is 1. The monoisotopic (exact) mass is 350 g/mol. The fourth-order valence-electron chi connectivity index (χ4n) is 2.51. The van der Waals surface area contributed by atoms with Crippen LogP contribution >= 0.6 is 0 Å². The molecule has 0 N–H and O–H groups in total. The van der Waals surface area contributed by atoms with Gasteiger partial charge in [-0.25, -0.2) is 4.39 Å². The van der Waals surface area contributed by atoms with Crippen LogP contribution in [-0.4, -0.2) is 5.78 Å². The van der Waals surface area contributed by atoms with Gasteiger partial charge in [0.05, 0.1) is 5.56 Å². The summed E-state index contributed by atoms with van der Waals surface area (Å²) in [5.74, 6) is -0.479. The molecule has 0 spiro atoms. The first-order chi connectivity index (χ1) is 12.6. The molecular weight excluding hydrogens is 331 g/mol. The van der Waals surface area contributed by atoms with Crippen LogP contribution in [0.15, 0.2) is 72.8 Å². The zero-order chi connectivity index (χ0) is 18.4. The number of ether oxygens (including phenoxy) is 2. The van der Waals surface area contributed by atoms with Gasteiger partial charge < -0.3 is 9.47 Å². The van der Waals surface area contributed by atoms with Gasteiger partial charge in [0.15, 0.2) is 17.3 Å². The molecule has 0 saturated carbocycles. The topological polar surface area (TPSA) is 35.5 Å². The lowest BCUT2D eigenvalue weighted by Gasteiger charge is -2.14. The third-order valence-corrected chi connectivity index (χ3v) is 3.89. The Morgan fingerprint density at radius 3 is 1.81 bits per heavy atom. The summed E-state index contributed by atoms with van der Waals surface area (Å²) >= 11 is 0. The van der Waals surface area contributed by atoms with Gasteiger partial charge in [0, 0.05) is 6.07 Å². The number of hydrogen-bond acceptors (Lipinski definition) is 3. The van der Waals surface area contributed by atoms with Crippen LogP contribution in [0.5, 0.6) is 11.5 Å². The van der Waals surface area contributed by atoms with Crippen molar-refractivity contribution in [2.24, 2.45) is 0 Å². The molecule has 0 aliphatic carbocycles. The first-order valence-corrected chi connectivity index (χ1v) is 8.31. The van der Waals surface area contributed by atoms with E-state index in [4.69, 9.17) is 9.47 Å². The maximum absolute atomic E-state index is 14.3. The minimum Gasteiger partial charge on any atom is -0.488 e. The van der Waals surface area contributed by atoms with Gasteiger partial charge in [-0.3, -0.25) is 4.79 Å². The van der Waals surface area contributed by atoms with Gasteiger partial charge in [-0.05, 0) is 24.1 Å². The van der Waals surface area contributed by atoms with Crippen LogP contribution in [0.1, 0.15) is 28.4 Å². The lowest BCUT2D eigenvalue weighted by Crippen LogP contribution is -2.05. The normalized spacial score (nSPS) is 10.4. The Hall–Kier alpha value is -3.14. The Kier molecular flexibility index (Phi) is 5.64. The van der Waals surface area contributed by atoms with E-state index in [1.165, 1.54) is 19.1 Å². The van der Waals surface area contributed by atoms with Gasteiger partial charge >= 0.3 is 0 Å². The van der Waals surface area contributed by atoms with Crippen molar-refractivity contribution in [3.63, 3.8) is 0 Å². The third-order valence-electron chi connectivity index (χ3n) is 3.89. The molecule has 26 heavy (non-hydrogen) atoms. The largest absolute Gasteiger partial charge is 0.488 e. The van der Waals surface area contributed by atoms with Crippen molar-refractivity contribution < 1.29 is 18.7 Å². The maximum Gasteiger partial charge on any atom is 0.166 e. The van der Waals surface area contributed by atoms with E-state index < -0.39 is 5.82 Å². The highest BCUT2D eigenvalue weighted by molar-refractivity contribution is 5.97. The fourth-order valence-corrected chi connectivity index (χ4v) is 2.51. The molecule has 3 aromatic rings. The molecule has 0 atom stereocenters. The quantitative estimate of drug-likeness (QED) is 0.550. The smallest absolute Gasteiger partial charge is 0.166 e. The van der Waals surface area contributed by atoms with Crippen LogP contribution in [0.3, 0.4) is 0 Å². The summed E-state index contributed by atoms with van der Waals surface area (Å²) in [7, 11) is 0. The summed E-state index contributed by atoms with van der Waals surface area (Å²) in [6, 6.07) is 21.7. The van der Waals surface area contributed by atoms with Gasteiger partial charge in [-0.15, -0.1) is 0 Å². The minimum absolute atomic E-state index is 0.0573. The molecule has 4 heteroatoms. The number of carbonyl (C=O) groups excluding carboxylic acids is 1. The SMILES string of the molecule is CC(=O)c1cc(F)c(OCc2ccccc2)cc1OCc1ccccc1. The van der Waals surface area contributed by atoms with Gasteiger partial charge in [0.25, 0.3) is 0 Å². The number of halogens is 1. The summed E-state index contributed by atoms with van der Waals surface area (Å²) in [6.07, 6.45) is 0. The second-order valence-corrected chi connectivity index (χ2v) is 5.88. The molecule has 0 amide bonds. The summed E-state index contributed by atoms with van der Waals surface area (Å²) in [4.78, 5) is 11.8. The fraction of sp³-hybridized carbons (Fsp3) is 0.136. The molecular formula is C22H19FO3. The van der Waals surface area contributed by atoms with Gasteiger partial charge in [-0.2, -0.15) is 0 Å². The second kappa shape index (κ2) is 8.30. The van der Waals surface area contributed by atoms with Crippen molar-refractivity contribution in [1.82, 2.24) is 0 Å². The summed E-state index contributed by atoms with van der Waals surface area (Å²) < 4.78 is 25.7. The average Bonchev–Trinajstić information content (AvgIpc) is 2.67. The third kappa shape index (κ3) is 4.48. The number of benzene rings is 3. The number of ketones is 1. The second-order valence-electron chi connectivity index (χ2n) is 5.88. The molecule has 3 rings (SSSR count). The minimum atomic E-state index is -0.585. The lowest BCUT2D eigenvalue weighted by molar-refractivity contribution is 0.101. The Bertz CT molecular complexity index is 877. The van der Waals surface area contributed by atoms with Crippen molar-refractivity contribution in [1.29, 1.82) is 0 Å². The van der Waals surface area contributed by atoms with Crippen molar-refractivity contribution >= 4 is 5.78 Å². The van der Waals surface area contributed by atoms with Crippen molar-refractivity contribution in [2.75, 3.05) is 0 Å². The van der Waals surface area contributed by atoms with Crippen molar-refractivity contribution in [3.8, 4) is 11.5 Å². The predicted molar refractivity (Wildman–Crippen MR) is 98.0 cm³/mol. The highest BCUT2D eigenvalue weighted by Gasteiger charge is 2.16. The molecule has 0 aliphatic heterocycles. The van der Waals surface area contributed by atoms with Crippen LogP contribution in [0.4, 0.5) is 4.39 Å². The molecule has 3 aromatic carbocycles. The lowest BCUT2D eigenvalue weighted by atomic mass is 10.1. The van der Waals surface area contributed by atoms with Gasteiger partial charge in [-0.1, -0.05) is 60.7 Å². The highest BCUT2D eigenvalue weighted by atomic mass is 19.1. The van der Waals surface area contributed by atoms with E-state index in [1.807, 2.05) is 60.7 Å². The van der Waals surface area contributed by atoms with E-state index in [1.54, 1.807) is 0 Å². The van der Waals surface area contributed by atoms with Crippen molar-refractivity contribution in [3.05, 3.63) is 95.3 Å². The Morgan fingerprint density at radius 1 is 0.808 bits per heavy atom. The summed E-state index contributed by atoms with van der Waals surface area (Å²) in [6.45, 7) is 1.90. The first kappa shape index (κ1) is 17.7. The van der Waals surface area contributed by atoms with E-state index in [2.05, 4.69) is 0 Å². The van der Waals surface area contributed by atoms with Crippen LogP contribution in [-0.2, 0) is 13.2 Å². The van der Waals surface area contributed by atoms with Crippen LogP contribution in [0.2, 0.25) is 0 Å². The van der Waals surface area contributed by atoms with Gasteiger partial charge in [0.2, 0.25) is 0 Å². The molecule has 0 bridgehead atoms. The molecule has 0 unspecified atom stereocenters. The van der Waals surface area contributed by atoms with E-state index in [-0.39, 0.29) is 30.3 Å². The Labute approximate surface area is 152 Å². The molecule has 132 valence electrons. The Morgan fingerprint density at radius 2 is 1.31 bits per heavy atom. The molecule has 0 aromatic heterocycles. The number of Topliss-reactive ketones (excluding diaryl/α,β-unsaturated/α-hetero) is 1. The average molecular weight is 350 g/mol. The molecule has 0 fully saturated rings. The zero-order valence-electron chi connectivity index (χ0n) is 14.4. The van der Waals surface area contributed by atoms with E-state index in [0.29, 0.717) is 5.75 Å². The predicted octanol–water partition coefficient (Wildman–Crippen LogP) is 5.19. The van der Waals surface area contributed by atoms with E-state index in [0.717, 1.165) is 11.1 Å². The van der Waals surface area contributed by atoms with Gasteiger partial charge in [0.1, 0.15) is 19.0 Å². The molecule has 0 aliphatic rings. The van der Waals surface area contributed by atoms with Crippen LogP contribution in [0, 0.1) is 5.82 Å². The van der Waals surface area contributed by atoms with E-state index in [9.17, 15) is 9.18 Å². The van der Waals surface area contributed by atoms with Crippen molar-refractivity contribution in [2.45, 2.75) is 20.1 Å². The molecule has 0 saturated heterocycles. The zero-order valence-corrected chi connectivity index (χ0v) is 14.4. The molecule has 0 radical (unpaired) electrons. The van der Waals surface area contributed by atoms with Crippen LogP contribution in [0.25, 0.3) is 0 Å².